The number of nitrogen functional groups attached to an aromatic ring is 1. The van der Waals surface area contributed by atoms with Crippen LogP contribution in [0.25, 0.3) is 0 Å². The predicted octanol–water partition coefficient (Wildman–Crippen LogP) is 4.70. The van der Waals surface area contributed by atoms with Gasteiger partial charge >= 0.3 is 0 Å². The van der Waals surface area contributed by atoms with Crippen molar-refractivity contribution in [3.05, 3.63) is 52.0 Å². The van der Waals surface area contributed by atoms with Gasteiger partial charge in [-0.1, -0.05) is 22.0 Å². The highest BCUT2D eigenvalue weighted by molar-refractivity contribution is 9.10. The molecule has 0 saturated heterocycles. The molecule has 98 valence electrons. The van der Waals surface area contributed by atoms with Gasteiger partial charge in [0.1, 0.15) is 5.75 Å². The summed E-state index contributed by atoms with van der Waals surface area (Å²) in [5.74, 6) is 1.57. The maximum atomic E-state index is 5.93. The van der Waals surface area contributed by atoms with E-state index >= 15 is 0 Å². The van der Waals surface area contributed by atoms with Crippen LogP contribution in [0.4, 0.5) is 5.69 Å². The molecular formula is C16H16BrNO. The van der Waals surface area contributed by atoms with Gasteiger partial charge in [-0.15, -0.1) is 0 Å². The van der Waals surface area contributed by atoms with E-state index in [2.05, 4.69) is 28.1 Å². The smallest absolute Gasteiger partial charge is 0.151 e. The van der Waals surface area contributed by atoms with Crippen LogP contribution in [0.15, 0.2) is 40.9 Å². The van der Waals surface area contributed by atoms with Crippen molar-refractivity contribution in [3.8, 4) is 11.5 Å². The van der Waals surface area contributed by atoms with E-state index in [1.54, 1.807) is 0 Å². The van der Waals surface area contributed by atoms with E-state index in [4.69, 9.17) is 10.5 Å². The third kappa shape index (κ3) is 2.76. The first-order chi connectivity index (χ1) is 9.22. The summed E-state index contributed by atoms with van der Waals surface area (Å²) in [6.07, 6.45) is 4.91. The lowest BCUT2D eigenvalue weighted by Gasteiger charge is -2.17. The molecule has 3 heteroatoms. The van der Waals surface area contributed by atoms with E-state index in [1.165, 1.54) is 30.4 Å². The lowest BCUT2D eigenvalue weighted by Crippen LogP contribution is -2.02. The first kappa shape index (κ1) is 12.5. The molecule has 0 saturated carbocycles. The molecule has 2 N–H and O–H groups in total. The summed E-state index contributed by atoms with van der Waals surface area (Å²) < 4.78 is 6.87. The minimum Gasteiger partial charge on any atom is -0.455 e. The molecule has 0 radical (unpaired) electrons. The highest BCUT2D eigenvalue weighted by Crippen LogP contribution is 2.32. The fraction of sp³-hybridized carbons (Fsp3) is 0.250. The zero-order chi connectivity index (χ0) is 13.2. The van der Waals surface area contributed by atoms with Crippen molar-refractivity contribution in [2.75, 3.05) is 5.73 Å². The van der Waals surface area contributed by atoms with Crippen molar-refractivity contribution in [2.24, 2.45) is 0 Å². The minimum atomic E-state index is 0.654. The number of hydrogen-bond donors (Lipinski definition) is 1. The Morgan fingerprint density at radius 3 is 2.58 bits per heavy atom. The highest BCUT2D eigenvalue weighted by Gasteiger charge is 2.11. The number of aryl methyl sites for hydroxylation is 2. The van der Waals surface area contributed by atoms with E-state index in [9.17, 15) is 0 Å². The van der Waals surface area contributed by atoms with Gasteiger partial charge in [0, 0.05) is 4.47 Å². The predicted molar refractivity (Wildman–Crippen MR) is 81.7 cm³/mol. The molecular weight excluding hydrogens is 302 g/mol. The molecule has 1 aliphatic carbocycles. The highest BCUT2D eigenvalue weighted by atomic mass is 79.9. The average molecular weight is 318 g/mol. The first-order valence-electron chi connectivity index (χ1n) is 6.57. The number of ether oxygens (including phenoxy) is 1. The lowest BCUT2D eigenvalue weighted by molar-refractivity contribution is 0.483. The maximum absolute atomic E-state index is 5.93. The van der Waals surface area contributed by atoms with Crippen LogP contribution in [0.3, 0.4) is 0 Å². The Labute approximate surface area is 121 Å². The molecule has 1 aliphatic rings. The molecule has 0 bridgehead atoms. The normalized spacial score (nSPS) is 13.9. The Kier molecular flexibility index (Phi) is 3.47. The second kappa shape index (κ2) is 5.25. The molecule has 19 heavy (non-hydrogen) atoms. The minimum absolute atomic E-state index is 0.654. The topological polar surface area (TPSA) is 35.2 Å². The monoisotopic (exact) mass is 317 g/mol. The van der Waals surface area contributed by atoms with Crippen molar-refractivity contribution in [1.29, 1.82) is 0 Å². The van der Waals surface area contributed by atoms with E-state index in [0.29, 0.717) is 11.4 Å². The third-order valence-corrected chi connectivity index (χ3v) is 4.02. The van der Waals surface area contributed by atoms with Gasteiger partial charge in [0.15, 0.2) is 5.75 Å². The van der Waals surface area contributed by atoms with Gasteiger partial charge < -0.3 is 10.5 Å². The summed E-state index contributed by atoms with van der Waals surface area (Å²) in [4.78, 5) is 0. The van der Waals surface area contributed by atoms with Crippen LogP contribution in [-0.4, -0.2) is 0 Å². The fourth-order valence-electron chi connectivity index (χ4n) is 2.50. The lowest BCUT2D eigenvalue weighted by atomic mass is 9.92. The van der Waals surface area contributed by atoms with Crippen LogP contribution in [0.5, 0.6) is 11.5 Å². The molecule has 0 amide bonds. The molecule has 0 spiro atoms. The summed E-state index contributed by atoms with van der Waals surface area (Å²) in [6.45, 7) is 0. The Hall–Kier alpha value is -1.48. The SMILES string of the molecule is Nc1ccc(Br)cc1Oc1ccc2c(c1)CCCC2. The summed E-state index contributed by atoms with van der Waals surface area (Å²) >= 11 is 3.43. The Bertz CT molecular complexity index is 610. The largest absolute Gasteiger partial charge is 0.455 e. The Morgan fingerprint density at radius 1 is 0.947 bits per heavy atom. The summed E-state index contributed by atoms with van der Waals surface area (Å²) in [5.41, 5.74) is 9.46. The molecule has 0 heterocycles. The number of hydrogen-bond acceptors (Lipinski definition) is 2. The van der Waals surface area contributed by atoms with Gasteiger partial charge in [-0.25, -0.2) is 0 Å². The standard InChI is InChI=1S/C16H16BrNO/c17-13-6-8-15(18)16(10-13)19-14-7-5-11-3-1-2-4-12(11)9-14/h5-10H,1-4,18H2. The first-order valence-corrected chi connectivity index (χ1v) is 7.36. The Morgan fingerprint density at radius 2 is 1.74 bits per heavy atom. The summed E-state index contributed by atoms with van der Waals surface area (Å²) in [5, 5.41) is 0. The van der Waals surface area contributed by atoms with Crippen molar-refractivity contribution in [2.45, 2.75) is 25.7 Å². The van der Waals surface area contributed by atoms with Gasteiger partial charge in [0.2, 0.25) is 0 Å². The molecule has 0 atom stereocenters. The number of benzene rings is 2. The van der Waals surface area contributed by atoms with Gasteiger partial charge in [0.25, 0.3) is 0 Å². The van der Waals surface area contributed by atoms with Crippen LogP contribution in [0.2, 0.25) is 0 Å². The molecule has 3 rings (SSSR count). The van der Waals surface area contributed by atoms with Crippen LogP contribution in [0.1, 0.15) is 24.0 Å². The summed E-state index contributed by atoms with van der Waals surface area (Å²) in [6, 6.07) is 12.0. The van der Waals surface area contributed by atoms with E-state index < -0.39 is 0 Å². The van der Waals surface area contributed by atoms with Crippen molar-refractivity contribution in [3.63, 3.8) is 0 Å². The van der Waals surface area contributed by atoms with Gasteiger partial charge in [0.05, 0.1) is 5.69 Å². The maximum Gasteiger partial charge on any atom is 0.151 e. The van der Waals surface area contributed by atoms with Gasteiger partial charge in [-0.05, 0) is 67.1 Å². The van der Waals surface area contributed by atoms with Crippen molar-refractivity contribution < 1.29 is 4.74 Å². The molecule has 0 aliphatic heterocycles. The number of halogens is 1. The number of anilines is 1. The molecule has 0 fully saturated rings. The molecule has 2 aromatic carbocycles. The summed E-state index contributed by atoms with van der Waals surface area (Å²) in [7, 11) is 0. The molecule has 2 aromatic rings. The quantitative estimate of drug-likeness (QED) is 0.815. The number of rotatable bonds is 2. The van der Waals surface area contributed by atoms with Crippen molar-refractivity contribution >= 4 is 21.6 Å². The molecule has 2 nitrogen and oxygen atoms in total. The average Bonchev–Trinajstić information content (AvgIpc) is 2.43. The van der Waals surface area contributed by atoms with E-state index in [-0.39, 0.29) is 0 Å². The molecule has 0 unspecified atom stereocenters. The van der Waals surface area contributed by atoms with Gasteiger partial charge in [-0.2, -0.15) is 0 Å². The van der Waals surface area contributed by atoms with Crippen molar-refractivity contribution in [1.82, 2.24) is 0 Å². The van der Waals surface area contributed by atoms with Crippen LogP contribution >= 0.6 is 15.9 Å². The number of nitrogens with two attached hydrogens (primary N) is 1. The zero-order valence-corrected chi connectivity index (χ0v) is 12.2. The second-order valence-electron chi connectivity index (χ2n) is 4.92. The van der Waals surface area contributed by atoms with E-state index in [0.717, 1.165) is 16.6 Å². The molecule has 0 aromatic heterocycles. The zero-order valence-electron chi connectivity index (χ0n) is 10.7. The second-order valence-corrected chi connectivity index (χ2v) is 5.84. The number of fused-ring (bicyclic) bond motifs is 1. The fourth-order valence-corrected chi connectivity index (χ4v) is 2.84. The van der Waals surface area contributed by atoms with Crippen LogP contribution in [-0.2, 0) is 12.8 Å². The van der Waals surface area contributed by atoms with E-state index in [1.807, 2.05) is 24.3 Å². The van der Waals surface area contributed by atoms with Crippen LogP contribution < -0.4 is 10.5 Å². The third-order valence-electron chi connectivity index (χ3n) is 3.52. The van der Waals surface area contributed by atoms with Gasteiger partial charge in [-0.3, -0.25) is 0 Å². The Balaban J connectivity index is 1.89. The van der Waals surface area contributed by atoms with Crippen LogP contribution in [0, 0.1) is 0 Å².